The van der Waals surface area contributed by atoms with Gasteiger partial charge in [-0.25, -0.2) is 22.2 Å². The Hall–Kier alpha value is -2.21. The standard InChI is InChI=1S/C19H17F2N3O3S3/c20-12-4-5-14(21)13(10-12)15-11-29-19(22-15)23-18(25)17-16(6-9-28-17)30(26,27)24-7-2-1-3-8-24/h4-6,9-11H,1-3,7-8H2,(H,22,23,25). The van der Waals surface area contributed by atoms with Crippen LogP contribution in [0.15, 0.2) is 39.9 Å². The third-order valence-electron chi connectivity index (χ3n) is 4.70. The molecular weight excluding hydrogens is 452 g/mol. The van der Waals surface area contributed by atoms with E-state index in [0.29, 0.717) is 13.1 Å². The van der Waals surface area contributed by atoms with Crippen LogP contribution < -0.4 is 5.32 Å². The molecule has 0 aliphatic carbocycles. The molecule has 0 radical (unpaired) electrons. The number of rotatable bonds is 5. The van der Waals surface area contributed by atoms with Gasteiger partial charge in [0, 0.05) is 24.0 Å². The average Bonchev–Trinajstić information content (AvgIpc) is 3.40. The maximum Gasteiger partial charge on any atom is 0.268 e. The van der Waals surface area contributed by atoms with Crippen LogP contribution in [0.3, 0.4) is 0 Å². The monoisotopic (exact) mass is 469 g/mol. The van der Waals surface area contributed by atoms with Crippen molar-refractivity contribution in [3.8, 4) is 11.3 Å². The Morgan fingerprint density at radius 2 is 1.87 bits per heavy atom. The molecule has 0 unspecified atom stereocenters. The number of piperidine rings is 1. The Morgan fingerprint density at radius 3 is 2.63 bits per heavy atom. The molecule has 0 atom stereocenters. The summed E-state index contributed by atoms with van der Waals surface area (Å²) in [6.45, 7) is 0.878. The van der Waals surface area contributed by atoms with Crippen LogP contribution in [0.2, 0.25) is 0 Å². The van der Waals surface area contributed by atoms with E-state index in [2.05, 4.69) is 10.3 Å². The molecule has 1 aliphatic rings. The zero-order valence-corrected chi connectivity index (χ0v) is 18.0. The number of carbonyl (C=O) groups is 1. The second-order valence-electron chi connectivity index (χ2n) is 6.69. The van der Waals surface area contributed by atoms with Gasteiger partial charge in [0.05, 0.1) is 5.69 Å². The molecule has 3 aromatic rings. The first kappa shape index (κ1) is 21.0. The van der Waals surface area contributed by atoms with E-state index in [1.165, 1.54) is 15.8 Å². The van der Waals surface area contributed by atoms with Gasteiger partial charge in [-0.1, -0.05) is 6.42 Å². The number of halogens is 2. The molecule has 0 saturated carbocycles. The zero-order valence-electron chi connectivity index (χ0n) is 15.6. The molecule has 1 N–H and O–H groups in total. The van der Waals surface area contributed by atoms with E-state index in [0.717, 1.165) is 60.1 Å². The predicted molar refractivity (Wildman–Crippen MR) is 112 cm³/mol. The van der Waals surface area contributed by atoms with Crippen LogP contribution in [0.4, 0.5) is 13.9 Å². The van der Waals surface area contributed by atoms with Crippen LogP contribution in [0.5, 0.6) is 0 Å². The number of amides is 1. The molecule has 1 aromatic carbocycles. The molecule has 11 heteroatoms. The Bertz CT molecular complexity index is 1180. The Labute approximate surface area is 180 Å². The van der Waals surface area contributed by atoms with Crippen LogP contribution in [0, 0.1) is 11.6 Å². The number of carbonyl (C=O) groups excluding carboxylic acids is 1. The fraction of sp³-hybridized carbons (Fsp3) is 0.263. The molecule has 4 rings (SSSR count). The molecule has 3 heterocycles. The molecule has 1 saturated heterocycles. The molecule has 1 fully saturated rings. The molecular formula is C19H17F2N3O3S3. The normalized spacial score (nSPS) is 15.3. The van der Waals surface area contributed by atoms with Gasteiger partial charge in [0.25, 0.3) is 5.91 Å². The van der Waals surface area contributed by atoms with Crippen LogP contribution in [0.25, 0.3) is 11.3 Å². The SMILES string of the molecule is O=C(Nc1nc(-c2cc(F)ccc2F)cs1)c1sccc1S(=O)(=O)N1CCCCC1. The van der Waals surface area contributed by atoms with E-state index in [9.17, 15) is 22.0 Å². The smallest absolute Gasteiger partial charge is 0.268 e. The number of hydrogen-bond donors (Lipinski definition) is 1. The van der Waals surface area contributed by atoms with Crippen molar-refractivity contribution in [1.82, 2.24) is 9.29 Å². The van der Waals surface area contributed by atoms with Gasteiger partial charge in [-0.3, -0.25) is 10.1 Å². The van der Waals surface area contributed by atoms with Gasteiger partial charge < -0.3 is 0 Å². The molecule has 1 amide bonds. The van der Waals surface area contributed by atoms with E-state index in [-0.39, 0.29) is 26.2 Å². The summed E-state index contributed by atoms with van der Waals surface area (Å²) in [6.07, 6.45) is 2.58. The lowest BCUT2D eigenvalue weighted by Gasteiger charge is -2.25. The Kier molecular flexibility index (Phi) is 5.96. The van der Waals surface area contributed by atoms with E-state index in [1.807, 2.05) is 0 Å². The van der Waals surface area contributed by atoms with E-state index in [1.54, 1.807) is 5.38 Å². The van der Waals surface area contributed by atoms with Crippen molar-refractivity contribution in [1.29, 1.82) is 0 Å². The molecule has 0 bridgehead atoms. The number of nitrogens with zero attached hydrogens (tertiary/aromatic N) is 2. The second-order valence-corrected chi connectivity index (χ2v) is 10.4. The summed E-state index contributed by atoms with van der Waals surface area (Å²) in [6, 6.07) is 4.47. The average molecular weight is 470 g/mol. The largest absolute Gasteiger partial charge is 0.297 e. The summed E-state index contributed by atoms with van der Waals surface area (Å²) < 4.78 is 54.7. The highest BCUT2D eigenvalue weighted by molar-refractivity contribution is 7.89. The third kappa shape index (κ3) is 4.15. The van der Waals surface area contributed by atoms with Crippen LogP contribution in [-0.2, 0) is 10.0 Å². The number of nitrogens with one attached hydrogen (secondary N) is 1. The first-order valence-electron chi connectivity index (χ1n) is 9.16. The number of sulfonamides is 1. The molecule has 2 aromatic heterocycles. The number of anilines is 1. The molecule has 6 nitrogen and oxygen atoms in total. The number of aromatic nitrogens is 1. The van der Waals surface area contributed by atoms with Crippen molar-refractivity contribution in [3.05, 3.63) is 51.5 Å². The van der Waals surface area contributed by atoms with Gasteiger partial charge in [-0.05, 0) is 42.5 Å². The van der Waals surface area contributed by atoms with Gasteiger partial charge in [-0.2, -0.15) is 4.31 Å². The maximum atomic E-state index is 14.0. The third-order valence-corrected chi connectivity index (χ3v) is 8.44. The minimum atomic E-state index is -3.76. The van der Waals surface area contributed by atoms with Gasteiger partial charge >= 0.3 is 0 Å². The lowest BCUT2D eigenvalue weighted by atomic mass is 10.1. The minimum Gasteiger partial charge on any atom is -0.297 e. The number of thiazole rings is 1. The quantitative estimate of drug-likeness (QED) is 0.593. The van der Waals surface area contributed by atoms with Crippen LogP contribution in [0.1, 0.15) is 28.9 Å². The highest BCUT2D eigenvalue weighted by atomic mass is 32.2. The van der Waals surface area contributed by atoms with Crippen molar-refractivity contribution in [2.75, 3.05) is 18.4 Å². The molecule has 30 heavy (non-hydrogen) atoms. The highest BCUT2D eigenvalue weighted by Crippen LogP contribution is 2.30. The van der Waals surface area contributed by atoms with Crippen molar-refractivity contribution < 1.29 is 22.0 Å². The number of thiophene rings is 1. The summed E-state index contributed by atoms with van der Waals surface area (Å²) in [7, 11) is -3.76. The summed E-state index contributed by atoms with van der Waals surface area (Å²) in [5.41, 5.74) is 0.163. The second kappa shape index (κ2) is 8.50. The Morgan fingerprint density at radius 1 is 1.10 bits per heavy atom. The van der Waals surface area contributed by atoms with Gasteiger partial charge in [0.1, 0.15) is 21.4 Å². The summed E-state index contributed by atoms with van der Waals surface area (Å²) >= 11 is 2.06. The lowest BCUT2D eigenvalue weighted by Crippen LogP contribution is -2.36. The van der Waals surface area contributed by atoms with E-state index < -0.39 is 27.6 Å². The first-order valence-corrected chi connectivity index (χ1v) is 12.4. The van der Waals surface area contributed by atoms with Gasteiger partial charge in [0.15, 0.2) is 5.13 Å². The summed E-state index contributed by atoms with van der Waals surface area (Å²) in [5, 5.41) is 5.77. The zero-order chi connectivity index (χ0) is 21.3. The van der Waals surface area contributed by atoms with E-state index in [4.69, 9.17) is 0 Å². The maximum absolute atomic E-state index is 14.0. The van der Waals surface area contributed by atoms with Crippen LogP contribution in [-0.4, -0.2) is 36.7 Å². The van der Waals surface area contributed by atoms with Gasteiger partial charge in [-0.15, -0.1) is 22.7 Å². The molecule has 158 valence electrons. The van der Waals surface area contributed by atoms with Crippen molar-refractivity contribution >= 4 is 43.7 Å². The predicted octanol–water partition coefficient (Wildman–Crippen LogP) is 4.58. The van der Waals surface area contributed by atoms with Crippen LogP contribution >= 0.6 is 22.7 Å². The first-order chi connectivity index (χ1) is 14.4. The summed E-state index contributed by atoms with van der Waals surface area (Å²) in [5.74, 6) is -1.84. The highest BCUT2D eigenvalue weighted by Gasteiger charge is 2.31. The van der Waals surface area contributed by atoms with Gasteiger partial charge in [0.2, 0.25) is 10.0 Å². The summed E-state index contributed by atoms with van der Waals surface area (Å²) in [4.78, 5) is 16.9. The number of hydrogen-bond acceptors (Lipinski definition) is 6. The van der Waals surface area contributed by atoms with Crippen molar-refractivity contribution in [2.45, 2.75) is 24.2 Å². The van der Waals surface area contributed by atoms with Crippen molar-refractivity contribution in [2.24, 2.45) is 0 Å². The fourth-order valence-electron chi connectivity index (χ4n) is 3.21. The van der Waals surface area contributed by atoms with Crippen molar-refractivity contribution in [3.63, 3.8) is 0 Å². The minimum absolute atomic E-state index is 0.0174. The van der Waals surface area contributed by atoms with E-state index >= 15 is 0 Å². The lowest BCUT2D eigenvalue weighted by molar-refractivity contribution is 0.102. The number of benzene rings is 1. The fourth-order valence-corrected chi connectivity index (χ4v) is 6.73. The topological polar surface area (TPSA) is 79.4 Å². The molecule has 0 spiro atoms. The molecule has 1 aliphatic heterocycles. The Balaban J connectivity index is 1.56.